The highest BCUT2D eigenvalue weighted by molar-refractivity contribution is 7.16. The van der Waals surface area contributed by atoms with E-state index in [1.54, 1.807) is 0 Å². The zero-order chi connectivity index (χ0) is 13.1. The second kappa shape index (κ2) is 5.87. The van der Waals surface area contributed by atoms with Gasteiger partial charge < -0.3 is 10.2 Å². The molecule has 18 heavy (non-hydrogen) atoms. The third kappa shape index (κ3) is 2.94. The molecule has 1 aromatic rings. The predicted molar refractivity (Wildman–Crippen MR) is 76.0 cm³/mol. The Hall–Kier alpha value is -0.840. The van der Waals surface area contributed by atoms with Crippen LogP contribution >= 0.6 is 22.9 Å². The maximum Gasteiger partial charge on any atom is 0.249 e. The molecule has 3 nitrogen and oxygen atoms in total. The first-order chi connectivity index (χ1) is 8.61. The molecule has 0 aromatic carbocycles. The summed E-state index contributed by atoms with van der Waals surface area (Å²) in [6.45, 7) is 6.98. The first-order valence-corrected chi connectivity index (χ1v) is 7.24. The molecule has 0 saturated carbocycles. The highest BCUT2D eigenvalue weighted by Gasteiger charge is 2.20. The Morgan fingerprint density at radius 2 is 2.22 bits per heavy atom. The third-order valence-corrected chi connectivity index (χ3v) is 4.39. The number of hydrogen-bond donors (Lipinski definition) is 1. The van der Waals surface area contributed by atoms with E-state index in [4.69, 9.17) is 11.6 Å². The van der Waals surface area contributed by atoms with Gasteiger partial charge in [0.1, 0.15) is 0 Å². The molecule has 0 spiro atoms. The van der Waals surface area contributed by atoms with Crippen LogP contribution in [0.1, 0.15) is 18.7 Å². The lowest BCUT2D eigenvalue weighted by Crippen LogP contribution is -2.38. The summed E-state index contributed by atoms with van der Waals surface area (Å²) >= 11 is 7.44. The molecule has 0 bridgehead atoms. The van der Waals surface area contributed by atoms with E-state index in [2.05, 4.69) is 5.32 Å². The Balaban J connectivity index is 2.06. The molecular weight excluding hydrogens is 268 g/mol. The number of carbonyl (C=O) groups is 1. The number of likely N-dealkylation sites (N-methyl/N-ethyl adjacent to an activating group) is 1. The molecule has 1 fully saturated rings. The van der Waals surface area contributed by atoms with Crippen LogP contribution in [-0.2, 0) is 11.3 Å². The van der Waals surface area contributed by atoms with Crippen LogP contribution in [0.2, 0.25) is 4.34 Å². The van der Waals surface area contributed by atoms with Gasteiger partial charge in [-0.25, -0.2) is 0 Å². The summed E-state index contributed by atoms with van der Waals surface area (Å²) in [5.41, 5.74) is 2.11. The SMILES string of the molecule is CCN(Cc1ccc(Cl)s1)C(=O)C(C)=C1CNC1. The number of carbonyl (C=O) groups excluding carboxylic acids is 1. The van der Waals surface area contributed by atoms with Crippen LogP contribution in [0.5, 0.6) is 0 Å². The first-order valence-electron chi connectivity index (χ1n) is 6.04. The van der Waals surface area contributed by atoms with Crippen molar-refractivity contribution in [3.05, 3.63) is 32.5 Å². The van der Waals surface area contributed by atoms with Crippen molar-refractivity contribution >= 4 is 28.8 Å². The number of nitrogens with one attached hydrogen (secondary N) is 1. The zero-order valence-corrected chi connectivity index (χ0v) is 12.2. The van der Waals surface area contributed by atoms with E-state index >= 15 is 0 Å². The first kappa shape index (κ1) is 13.6. The summed E-state index contributed by atoms with van der Waals surface area (Å²) in [5, 5.41) is 3.16. The van der Waals surface area contributed by atoms with E-state index in [1.807, 2.05) is 30.9 Å². The van der Waals surface area contributed by atoms with Gasteiger partial charge in [0.2, 0.25) is 5.91 Å². The molecule has 5 heteroatoms. The van der Waals surface area contributed by atoms with Crippen molar-refractivity contribution in [2.45, 2.75) is 20.4 Å². The van der Waals surface area contributed by atoms with E-state index < -0.39 is 0 Å². The molecule has 0 atom stereocenters. The van der Waals surface area contributed by atoms with Gasteiger partial charge in [0, 0.05) is 30.1 Å². The molecule has 98 valence electrons. The number of nitrogens with zero attached hydrogens (tertiary/aromatic N) is 1. The minimum atomic E-state index is 0.138. The lowest BCUT2D eigenvalue weighted by Gasteiger charge is -2.26. The predicted octanol–water partition coefficient (Wildman–Crippen LogP) is 2.67. The van der Waals surface area contributed by atoms with Gasteiger partial charge in [0.15, 0.2) is 0 Å². The minimum Gasteiger partial charge on any atom is -0.334 e. The third-order valence-electron chi connectivity index (χ3n) is 3.17. The molecular formula is C13H17ClN2OS. The van der Waals surface area contributed by atoms with Gasteiger partial charge in [0.05, 0.1) is 10.9 Å². The highest BCUT2D eigenvalue weighted by atomic mass is 35.5. The molecule has 0 aliphatic carbocycles. The molecule has 1 aromatic heterocycles. The summed E-state index contributed by atoms with van der Waals surface area (Å²) in [4.78, 5) is 15.3. The van der Waals surface area contributed by atoms with Gasteiger partial charge in [-0.15, -0.1) is 11.3 Å². The van der Waals surface area contributed by atoms with E-state index in [-0.39, 0.29) is 5.91 Å². The van der Waals surface area contributed by atoms with E-state index in [9.17, 15) is 4.79 Å². The smallest absolute Gasteiger partial charge is 0.249 e. The van der Waals surface area contributed by atoms with Crippen molar-refractivity contribution in [2.75, 3.05) is 19.6 Å². The molecule has 2 rings (SSSR count). The Morgan fingerprint density at radius 1 is 1.50 bits per heavy atom. The lowest BCUT2D eigenvalue weighted by molar-refractivity contribution is -0.127. The van der Waals surface area contributed by atoms with Crippen LogP contribution < -0.4 is 5.32 Å². The Morgan fingerprint density at radius 3 is 2.67 bits per heavy atom. The van der Waals surface area contributed by atoms with Gasteiger partial charge in [-0.3, -0.25) is 4.79 Å². The maximum atomic E-state index is 12.3. The van der Waals surface area contributed by atoms with Gasteiger partial charge in [-0.2, -0.15) is 0 Å². The van der Waals surface area contributed by atoms with Crippen LogP contribution in [0.4, 0.5) is 0 Å². The topological polar surface area (TPSA) is 32.3 Å². The van der Waals surface area contributed by atoms with Crippen LogP contribution in [0.25, 0.3) is 0 Å². The van der Waals surface area contributed by atoms with E-state index in [0.29, 0.717) is 13.1 Å². The Kier molecular flexibility index (Phi) is 4.43. The monoisotopic (exact) mass is 284 g/mol. The molecule has 1 aliphatic heterocycles. The summed E-state index contributed by atoms with van der Waals surface area (Å²) in [6.07, 6.45) is 0. The van der Waals surface area contributed by atoms with Gasteiger partial charge >= 0.3 is 0 Å². The lowest BCUT2D eigenvalue weighted by atomic mass is 10.0. The van der Waals surface area contributed by atoms with Crippen molar-refractivity contribution in [1.29, 1.82) is 0 Å². The number of amides is 1. The summed E-state index contributed by atoms with van der Waals surface area (Å²) < 4.78 is 0.770. The summed E-state index contributed by atoms with van der Waals surface area (Å²) in [7, 11) is 0. The number of rotatable bonds is 4. The fourth-order valence-corrected chi connectivity index (χ4v) is 2.96. The van der Waals surface area contributed by atoms with Gasteiger partial charge in [-0.05, 0) is 31.6 Å². The van der Waals surface area contributed by atoms with Crippen molar-refractivity contribution < 1.29 is 4.79 Å². The quantitative estimate of drug-likeness (QED) is 0.862. The van der Waals surface area contributed by atoms with Crippen LogP contribution in [0.15, 0.2) is 23.3 Å². The largest absolute Gasteiger partial charge is 0.334 e. The van der Waals surface area contributed by atoms with Gasteiger partial charge in [-0.1, -0.05) is 11.6 Å². The molecule has 1 amide bonds. The minimum absolute atomic E-state index is 0.138. The molecule has 1 N–H and O–H groups in total. The molecule has 0 radical (unpaired) electrons. The van der Waals surface area contributed by atoms with Crippen LogP contribution in [0, 0.1) is 0 Å². The molecule has 1 saturated heterocycles. The molecule has 1 aliphatic rings. The standard InChI is InChI=1S/C13H17ClN2OS/c1-3-16(8-11-4-5-12(14)18-11)13(17)9(2)10-6-15-7-10/h4-5,15H,3,6-8H2,1-2H3. The van der Waals surface area contributed by atoms with Crippen LogP contribution in [0.3, 0.4) is 0 Å². The highest BCUT2D eigenvalue weighted by Crippen LogP contribution is 2.23. The van der Waals surface area contributed by atoms with Crippen molar-refractivity contribution in [2.24, 2.45) is 0 Å². The van der Waals surface area contributed by atoms with Crippen molar-refractivity contribution in [3.63, 3.8) is 0 Å². The zero-order valence-electron chi connectivity index (χ0n) is 10.6. The van der Waals surface area contributed by atoms with Crippen molar-refractivity contribution in [1.82, 2.24) is 10.2 Å². The Labute approximate surface area is 116 Å². The van der Waals surface area contributed by atoms with Gasteiger partial charge in [0.25, 0.3) is 0 Å². The average Bonchev–Trinajstić information content (AvgIpc) is 2.68. The number of halogens is 1. The molecule has 2 heterocycles. The fraction of sp³-hybridized carbons (Fsp3) is 0.462. The number of thiophene rings is 1. The van der Waals surface area contributed by atoms with Crippen molar-refractivity contribution in [3.8, 4) is 0 Å². The Bertz CT molecular complexity index is 475. The maximum absolute atomic E-state index is 12.3. The summed E-state index contributed by atoms with van der Waals surface area (Å²) in [6, 6.07) is 3.86. The second-order valence-electron chi connectivity index (χ2n) is 4.36. The summed E-state index contributed by atoms with van der Waals surface area (Å²) in [5.74, 6) is 0.138. The van der Waals surface area contributed by atoms with Crippen LogP contribution in [-0.4, -0.2) is 30.4 Å². The normalized spacial score (nSPS) is 14.3. The van der Waals surface area contributed by atoms with E-state index in [0.717, 1.165) is 27.9 Å². The second-order valence-corrected chi connectivity index (χ2v) is 6.16. The molecule has 0 unspecified atom stereocenters. The number of hydrogen-bond acceptors (Lipinski definition) is 3. The average molecular weight is 285 g/mol. The fourth-order valence-electron chi connectivity index (χ4n) is 1.86. The van der Waals surface area contributed by atoms with E-state index in [1.165, 1.54) is 16.9 Å².